The van der Waals surface area contributed by atoms with E-state index < -0.39 is 0 Å². The van der Waals surface area contributed by atoms with E-state index in [1.807, 2.05) is 0 Å². The summed E-state index contributed by atoms with van der Waals surface area (Å²) in [6.45, 7) is 0. The van der Waals surface area contributed by atoms with Crippen molar-refractivity contribution in [3.05, 3.63) is 34.1 Å². The molecule has 2 bridgehead atoms. The van der Waals surface area contributed by atoms with Crippen molar-refractivity contribution >= 4 is 34.2 Å². The van der Waals surface area contributed by atoms with Gasteiger partial charge in [-0.05, 0) is 59.3 Å². The van der Waals surface area contributed by atoms with Gasteiger partial charge in [0.1, 0.15) is 5.82 Å². The lowest BCUT2D eigenvalue weighted by Gasteiger charge is -2.29. The average Bonchev–Trinajstić information content (AvgIpc) is 2.73. The largest absolute Gasteiger partial charge is 0.353 e. The van der Waals surface area contributed by atoms with E-state index in [9.17, 15) is 9.18 Å². The van der Waals surface area contributed by atoms with Crippen molar-refractivity contribution in [1.82, 2.24) is 10.6 Å². The fourth-order valence-corrected chi connectivity index (χ4v) is 3.72. The molecule has 0 saturated carbocycles. The Labute approximate surface area is 138 Å². The number of piperidine rings is 1. The molecule has 0 aliphatic carbocycles. The minimum absolute atomic E-state index is 0. The second kappa shape index (κ2) is 7.07. The summed E-state index contributed by atoms with van der Waals surface area (Å²) in [6, 6.07) is 6.13. The third-order valence-corrected chi connectivity index (χ3v) is 4.79. The van der Waals surface area contributed by atoms with E-state index >= 15 is 0 Å². The molecular weight excluding hydrogens is 359 g/mol. The maximum absolute atomic E-state index is 13.1. The van der Waals surface area contributed by atoms with E-state index in [-0.39, 0.29) is 30.2 Å². The third kappa shape index (κ3) is 4.18. The number of halogens is 3. The number of hydrogen-bond acceptors (Lipinski definition) is 2. The van der Waals surface area contributed by atoms with E-state index in [0.29, 0.717) is 23.0 Å². The third-order valence-electron chi connectivity index (χ3n) is 4.19. The molecule has 0 radical (unpaired) electrons. The number of carbonyl (C=O) groups excluding carboxylic acids is 1. The molecule has 0 aromatic heterocycles. The Hall–Kier alpha value is -0.650. The van der Waals surface area contributed by atoms with Crippen molar-refractivity contribution in [3.8, 4) is 0 Å². The lowest BCUT2D eigenvalue weighted by Crippen LogP contribution is -2.48. The number of rotatable bonds is 3. The highest BCUT2D eigenvalue weighted by Gasteiger charge is 2.33. The summed E-state index contributed by atoms with van der Waals surface area (Å²) in [4.78, 5) is 12.1. The molecule has 0 spiro atoms. The first-order chi connectivity index (χ1) is 9.60. The van der Waals surface area contributed by atoms with Crippen LogP contribution in [0, 0.1) is 5.82 Å². The van der Waals surface area contributed by atoms with Gasteiger partial charge in [0.05, 0.1) is 10.9 Å². The molecule has 21 heavy (non-hydrogen) atoms. The fourth-order valence-electron chi connectivity index (χ4n) is 3.29. The molecule has 2 heterocycles. The van der Waals surface area contributed by atoms with Gasteiger partial charge in [0.25, 0.3) is 0 Å². The summed E-state index contributed by atoms with van der Waals surface area (Å²) in [5, 5.41) is 6.67. The van der Waals surface area contributed by atoms with Crippen LogP contribution in [0.25, 0.3) is 0 Å². The number of fused-ring (bicyclic) bond motifs is 2. The lowest BCUT2D eigenvalue weighted by atomic mass is 9.99. The predicted molar refractivity (Wildman–Crippen MR) is 86.2 cm³/mol. The van der Waals surface area contributed by atoms with Crippen LogP contribution in [0.5, 0.6) is 0 Å². The van der Waals surface area contributed by atoms with E-state index in [0.717, 1.165) is 18.4 Å². The zero-order chi connectivity index (χ0) is 14.1. The Morgan fingerprint density at radius 3 is 2.62 bits per heavy atom. The molecule has 2 fully saturated rings. The molecule has 1 aromatic carbocycles. The summed E-state index contributed by atoms with van der Waals surface area (Å²) < 4.78 is 13.6. The molecule has 1 aromatic rings. The van der Waals surface area contributed by atoms with E-state index in [2.05, 4.69) is 26.6 Å². The molecule has 3 nitrogen and oxygen atoms in total. The zero-order valence-electron chi connectivity index (χ0n) is 11.6. The molecule has 1 amide bonds. The van der Waals surface area contributed by atoms with Crippen LogP contribution in [-0.4, -0.2) is 24.0 Å². The smallest absolute Gasteiger partial charge is 0.224 e. The molecule has 2 aliphatic rings. The second-order valence-electron chi connectivity index (χ2n) is 5.80. The van der Waals surface area contributed by atoms with Gasteiger partial charge in [0, 0.05) is 18.1 Å². The van der Waals surface area contributed by atoms with Crippen LogP contribution in [0.4, 0.5) is 4.39 Å². The molecule has 6 heteroatoms. The van der Waals surface area contributed by atoms with Gasteiger partial charge in [0.15, 0.2) is 0 Å². The molecule has 2 unspecified atom stereocenters. The topological polar surface area (TPSA) is 41.1 Å². The fraction of sp³-hybridized carbons (Fsp3) is 0.533. The number of benzene rings is 1. The van der Waals surface area contributed by atoms with Crippen molar-refractivity contribution in [2.75, 3.05) is 0 Å². The van der Waals surface area contributed by atoms with Crippen molar-refractivity contribution in [2.45, 2.75) is 50.2 Å². The van der Waals surface area contributed by atoms with Crippen LogP contribution in [0.1, 0.15) is 31.2 Å². The van der Waals surface area contributed by atoms with Gasteiger partial charge in [-0.2, -0.15) is 0 Å². The number of carbonyl (C=O) groups is 1. The maximum atomic E-state index is 13.1. The van der Waals surface area contributed by atoms with Crippen LogP contribution in [0.15, 0.2) is 22.7 Å². The van der Waals surface area contributed by atoms with E-state index in [1.165, 1.54) is 18.9 Å². The summed E-state index contributed by atoms with van der Waals surface area (Å²) in [5.41, 5.74) is 0.827. The van der Waals surface area contributed by atoms with Gasteiger partial charge in [-0.25, -0.2) is 4.39 Å². The molecule has 2 atom stereocenters. The first-order valence-electron chi connectivity index (χ1n) is 7.09. The van der Waals surface area contributed by atoms with Crippen LogP contribution in [0.3, 0.4) is 0 Å². The Kier molecular flexibility index (Phi) is 5.63. The molecule has 2 aliphatic heterocycles. The van der Waals surface area contributed by atoms with Gasteiger partial charge in [-0.15, -0.1) is 12.4 Å². The number of amides is 1. The Morgan fingerprint density at radius 1 is 1.33 bits per heavy atom. The first kappa shape index (κ1) is 16.7. The quantitative estimate of drug-likeness (QED) is 0.850. The average molecular weight is 378 g/mol. The highest BCUT2D eigenvalue weighted by Crippen LogP contribution is 2.26. The van der Waals surface area contributed by atoms with E-state index in [1.54, 1.807) is 12.1 Å². The normalized spacial score (nSPS) is 27.0. The van der Waals surface area contributed by atoms with Gasteiger partial charge in [-0.3, -0.25) is 4.79 Å². The standard InChI is InChI=1S/C15H18BrFN2O.ClH/c16-13-5-9(1-4-14(13)17)6-15(20)19-12-7-10-2-3-11(8-12)18-10;/h1,4-5,10-12,18H,2-3,6-8H2,(H,19,20);1H. The molecular formula is C15H19BrClFN2O. The Balaban J connectivity index is 0.00000161. The van der Waals surface area contributed by atoms with Crippen LogP contribution in [0.2, 0.25) is 0 Å². The SMILES string of the molecule is Cl.O=C(Cc1ccc(F)c(Br)c1)NC1CC2CCC(C1)N2. The van der Waals surface area contributed by atoms with Crippen molar-refractivity contribution in [3.63, 3.8) is 0 Å². The van der Waals surface area contributed by atoms with Crippen LogP contribution < -0.4 is 10.6 Å². The molecule has 3 rings (SSSR count). The lowest BCUT2D eigenvalue weighted by molar-refractivity contribution is -0.121. The van der Waals surface area contributed by atoms with Crippen molar-refractivity contribution < 1.29 is 9.18 Å². The van der Waals surface area contributed by atoms with Gasteiger partial charge in [0.2, 0.25) is 5.91 Å². The zero-order valence-corrected chi connectivity index (χ0v) is 14.0. The molecule has 116 valence electrons. The van der Waals surface area contributed by atoms with Crippen LogP contribution >= 0.6 is 28.3 Å². The highest BCUT2D eigenvalue weighted by atomic mass is 79.9. The molecule has 2 N–H and O–H groups in total. The van der Waals surface area contributed by atoms with Crippen molar-refractivity contribution in [2.24, 2.45) is 0 Å². The Morgan fingerprint density at radius 2 is 2.00 bits per heavy atom. The minimum Gasteiger partial charge on any atom is -0.353 e. The summed E-state index contributed by atoms with van der Waals surface area (Å²) in [6.07, 6.45) is 4.80. The van der Waals surface area contributed by atoms with Gasteiger partial charge < -0.3 is 10.6 Å². The maximum Gasteiger partial charge on any atom is 0.224 e. The van der Waals surface area contributed by atoms with Crippen molar-refractivity contribution in [1.29, 1.82) is 0 Å². The summed E-state index contributed by atoms with van der Waals surface area (Å²) in [5.74, 6) is -0.279. The second-order valence-corrected chi connectivity index (χ2v) is 6.65. The minimum atomic E-state index is -0.302. The number of nitrogens with one attached hydrogen (secondary N) is 2. The number of hydrogen-bond donors (Lipinski definition) is 2. The first-order valence-corrected chi connectivity index (χ1v) is 7.89. The van der Waals surface area contributed by atoms with Gasteiger partial charge >= 0.3 is 0 Å². The van der Waals surface area contributed by atoms with E-state index in [4.69, 9.17) is 0 Å². The predicted octanol–water partition coefficient (Wildman–Crippen LogP) is 2.95. The Bertz CT molecular complexity index is 516. The summed E-state index contributed by atoms with van der Waals surface area (Å²) in [7, 11) is 0. The highest BCUT2D eigenvalue weighted by molar-refractivity contribution is 9.10. The molecule has 2 saturated heterocycles. The van der Waals surface area contributed by atoms with Gasteiger partial charge in [-0.1, -0.05) is 6.07 Å². The summed E-state index contributed by atoms with van der Waals surface area (Å²) >= 11 is 3.14. The monoisotopic (exact) mass is 376 g/mol. The van der Waals surface area contributed by atoms with Crippen LogP contribution in [-0.2, 0) is 11.2 Å².